The number of anilines is 2. The van der Waals surface area contributed by atoms with Crippen molar-refractivity contribution >= 4 is 11.6 Å². The Morgan fingerprint density at radius 2 is 1.86 bits per heavy atom. The molecule has 118 valence electrons. The van der Waals surface area contributed by atoms with Crippen molar-refractivity contribution in [2.75, 3.05) is 37.4 Å². The summed E-state index contributed by atoms with van der Waals surface area (Å²) in [4.78, 5) is 9.28. The summed E-state index contributed by atoms with van der Waals surface area (Å²) in [7, 11) is 1.89. The Bertz CT molecular complexity index is 478. The molecule has 1 aliphatic rings. The smallest absolute Gasteiger partial charge is 0.138 e. The molecule has 2 N–H and O–H groups in total. The van der Waals surface area contributed by atoms with Crippen molar-refractivity contribution < 1.29 is 4.74 Å². The van der Waals surface area contributed by atoms with E-state index in [0.717, 1.165) is 48.7 Å². The average Bonchev–Trinajstić information content (AvgIpc) is 3.23. The van der Waals surface area contributed by atoms with E-state index in [-0.39, 0.29) is 5.41 Å². The number of aromatic nitrogens is 2. The van der Waals surface area contributed by atoms with Crippen molar-refractivity contribution in [2.45, 2.75) is 46.0 Å². The van der Waals surface area contributed by atoms with Crippen LogP contribution in [0.3, 0.4) is 0 Å². The molecule has 0 radical (unpaired) electrons. The largest absolute Gasteiger partial charge is 0.379 e. The first kappa shape index (κ1) is 16.0. The summed E-state index contributed by atoms with van der Waals surface area (Å²) in [5.74, 6) is 3.44. The van der Waals surface area contributed by atoms with Crippen LogP contribution >= 0.6 is 0 Å². The van der Waals surface area contributed by atoms with Gasteiger partial charge in [-0.2, -0.15) is 0 Å². The quantitative estimate of drug-likeness (QED) is 0.757. The zero-order valence-electron chi connectivity index (χ0n) is 13.9. The van der Waals surface area contributed by atoms with Crippen LogP contribution < -0.4 is 10.6 Å². The first-order valence-electron chi connectivity index (χ1n) is 7.80. The zero-order chi connectivity index (χ0) is 15.5. The van der Waals surface area contributed by atoms with Gasteiger partial charge in [-0.15, -0.1) is 0 Å². The highest BCUT2D eigenvalue weighted by Gasteiger charge is 2.22. The van der Waals surface area contributed by atoms with Crippen LogP contribution in [0, 0.1) is 12.8 Å². The van der Waals surface area contributed by atoms with Gasteiger partial charge in [-0.05, 0) is 25.7 Å². The summed E-state index contributed by atoms with van der Waals surface area (Å²) in [6.45, 7) is 10.8. The van der Waals surface area contributed by atoms with Crippen molar-refractivity contribution in [2.24, 2.45) is 5.92 Å². The Kier molecular flexibility index (Phi) is 5.04. The number of rotatable bonds is 7. The summed E-state index contributed by atoms with van der Waals surface area (Å²) in [6.07, 6.45) is 2.66. The Labute approximate surface area is 127 Å². The number of nitrogens with zero attached hydrogens (tertiary/aromatic N) is 2. The van der Waals surface area contributed by atoms with Crippen LogP contribution in [0.25, 0.3) is 0 Å². The fourth-order valence-electron chi connectivity index (χ4n) is 2.04. The van der Waals surface area contributed by atoms with Crippen LogP contribution in [-0.2, 0) is 10.2 Å². The van der Waals surface area contributed by atoms with Gasteiger partial charge >= 0.3 is 0 Å². The minimum Gasteiger partial charge on any atom is -0.379 e. The number of ether oxygens (including phenoxy) is 1. The van der Waals surface area contributed by atoms with Gasteiger partial charge < -0.3 is 15.4 Å². The lowest BCUT2D eigenvalue weighted by Gasteiger charge is -2.20. The van der Waals surface area contributed by atoms with E-state index in [2.05, 4.69) is 41.4 Å². The molecular formula is C16H28N4O. The minimum absolute atomic E-state index is 0.0712. The van der Waals surface area contributed by atoms with Gasteiger partial charge in [-0.25, -0.2) is 9.97 Å². The molecule has 0 spiro atoms. The maximum absolute atomic E-state index is 5.65. The van der Waals surface area contributed by atoms with E-state index in [4.69, 9.17) is 4.74 Å². The van der Waals surface area contributed by atoms with Crippen LogP contribution in [0.4, 0.5) is 11.6 Å². The number of nitrogens with one attached hydrogen (secondary N) is 2. The molecule has 0 aliphatic heterocycles. The molecule has 0 bridgehead atoms. The summed E-state index contributed by atoms with van der Waals surface area (Å²) >= 11 is 0. The van der Waals surface area contributed by atoms with Crippen molar-refractivity contribution in [3.8, 4) is 0 Å². The fraction of sp³-hybridized carbons (Fsp3) is 0.750. The van der Waals surface area contributed by atoms with Gasteiger partial charge in [-0.1, -0.05) is 20.8 Å². The van der Waals surface area contributed by atoms with E-state index < -0.39 is 0 Å². The lowest BCUT2D eigenvalue weighted by Crippen LogP contribution is -2.20. The van der Waals surface area contributed by atoms with E-state index in [1.54, 1.807) is 0 Å². The molecule has 21 heavy (non-hydrogen) atoms. The van der Waals surface area contributed by atoms with Crippen molar-refractivity contribution in [3.05, 3.63) is 11.4 Å². The van der Waals surface area contributed by atoms with E-state index in [9.17, 15) is 0 Å². The monoisotopic (exact) mass is 292 g/mol. The Balaban J connectivity index is 1.98. The van der Waals surface area contributed by atoms with Gasteiger partial charge in [0.15, 0.2) is 0 Å². The molecule has 1 fully saturated rings. The molecule has 2 rings (SSSR count). The maximum atomic E-state index is 5.65. The topological polar surface area (TPSA) is 59.1 Å². The lowest BCUT2D eigenvalue weighted by molar-refractivity contribution is 0.134. The van der Waals surface area contributed by atoms with Crippen LogP contribution in [0.5, 0.6) is 0 Å². The average molecular weight is 292 g/mol. The van der Waals surface area contributed by atoms with Crippen LogP contribution in [0.15, 0.2) is 0 Å². The second-order valence-corrected chi connectivity index (χ2v) is 6.81. The molecule has 0 unspecified atom stereocenters. The van der Waals surface area contributed by atoms with Gasteiger partial charge in [-0.3, -0.25) is 0 Å². The summed E-state index contributed by atoms with van der Waals surface area (Å²) in [6, 6.07) is 0. The standard InChI is InChI=1S/C16H28N4O/c1-11-13(17-5)19-15(16(2,3)4)20-14(11)18-8-9-21-10-12-6-7-12/h12H,6-10H2,1-5H3,(H2,17,18,19,20). The highest BCUT2D eigenvalue weighted by molar-refractivity contribution is 5.57. The van der Waals surface area contributed by atoms with E-state index in [1.165, 1.54) is 12.8 Å². The van der Waals surface area contributed by atoms with Gasteiger partial charge in [0, 0.05) is 31.2 Å². The first-order valence-corrected chi connectivity index (χ1v) is 7.80. The van der Waals surface area contributed by atoms with E-state index in [1.807, 2.05) is 14.0 Å². The van der Waals surface area contributed by atoms with Crippen molar-refractivity contribution in [1.29, 1.82) is 0 Å². The Morgan fingerprint density at radius 1 is 1.19 bits per heavy atom. The molecule has 5 nitrogen and oxygen atoms in total. The molecule has 5 heteroatoms. The molecule has 0 saturated heterocycles. The molecule has 1 aromatic heterocycles. The normalized spacial score (nSPS) is 15.1. The maximum Gasteiger partial charge on any atom is 0.138 e. The van der Waals surface area contributed by atoms with Gasteiger partial charge in [0.05, 0.1) is 6.61 Å². The molecule has 0 atom stereocenters. The van der Waals surface area contributed by atoms with Crippen LogP contribution in [0.2, 0.25) is 0 Å². The highest BCUT2D eigenvalue weighted by atomic mass is 16.5. The van der Waals surface area contributed by atoms with Crippen molar-refractivity contribution in [3.63, 3.8) is 0 Å². The van der Waals surface area contributed by atoms with Crippen LogP contribution in [-0.4, -0.2) is 36.8 Å². The van der Waals surface area contributed by atoms with Gasteiger partial charge in [0.2, 0.25) is 0 Å². The van der Waals surface area contributed by atoms with E-state index >= 15 is 0 Å². The van der Waals surface area contributed by atoms with Gasteiger partial charge in [0.25, 0.3) is 0 Å². The third kappa shape index (κ3) is 4.56. The second kappa shape index (κ2) is 6.60. The second-order valence-electron chi connectivity index (χ2n) is 6.81. The molecule has 0 aromatic carbocycles. The molecule has 1 aromatic rings. The SMILES string of the molecule is CNc1nc(C(C)(C)C)nc(NCCOCC2CC2)c1C. The third-order valence-electron chi connectivity index (χ3n) is 3.64. The Morgan fingerprint density at radius 3 is 2.43 bits per heavy atom. The zero-order valence-corrected chi connectivity index (χ0v) is 13.9. The van der Waals surface area contributed by atoms with Crippen LogP contribution in [0.1, 0.15) is 45.0 Å². The fourth-order valence-corrected chi connectivity index (χ4v) is 2.04. The minimum atomic E-state index is -0.0712. The molecule has 1 heterocycles. The third-order valence-corrected chi connectivity index (χ3v) is 3.64. The molecule has 1 aliphatic carbocycles. The molecule has 0 amide bonds. The number of hydrogen-bond donors (Lipinski definition) is 2. The molecule has 1 saturated carbocycles. The lowest BCUT2D eigenvalue weighted by atomic mass is 9.95. The number of hydrogen-bond acceptors (Lipinski definition) is 5. The highest BCUT2D eigenvalue weighted by Crippen LogP contribution is 2.29. The predicted molar refractivity (Wildman–Crippen MR) is 87.0 cm³/mol. The summed E-state index contributed by atoms with van der Waals surface area (Å²) in [5, 5.41) is 6.53. The summed E-state index contributed by atoms with van der Waals surface area (Å²) in [5.41, 5.74) is 0.978. The first-order chi connectivity index (χ1) is 9.91. The molecular weight excluding hydrogens is 264 g/mol. The van der Waals surface area contributed by atoms with Gasteiger partial charge in [0.1, 0.15) is 17.5 Å². The Hall–Kier alpha value is -1.36. The summed E-state index contributed by atoms with van der Waals surface area (Å²) < 4.78 is 5.65. The van der Waals surface area contributed by atoms with Crippen molar-refractivity contribution in [1.82, 2.24) is 9.97 Å². The predicted octanol–water partition coefficient (Wildman–Crippen LogP) is 2.96. The van der Waals surface area contributed by atoms with E-state index in [0.29, 0.717) is 0 Å².